The Morgan fingerprint density at radius 3 is 2.71 bits per heavy atom. The predicted octanol–water partition coefficient (Wildman–Crippen LogP) is 3.72. The Kier molecular flexibility index (Phi) is 5.13. The van der Waals surface area contributed by atoms with E-state index in [1.165, 1.54) is 11.3 Å². The van der Waals surface area contributed by atoms with Crippen LogP contribution in [-0.2, 0) is 19.5 Å². The van der Waals surface area contributed by atoms with Gasteiger partial charge in [0.05, 0.1) is 19.7 Å². The monoisotopic (exact) mass is 378 g/mol. The van der Waals surface area contributed by atoms with Crippen molar-refractivity contribution in [2.75, 3.05) is 20.8 Å². The molecule has 3 aromatic rings. The van der Waals surface area contributed by atoms with Gasteiger partial charge in [0.1, 0.15) is 11.6 Å². The first kappa shape index (κ1) is 18.6. The summed E-state index contributed by atoms with van der Waals surface area (Å²) in [6, 6.07) is 8.09. The van der Waals surface area contributed by atoms with E-state index in [0.29, 0.717) is 11.8 Å². The minimum absolute atomic E-state index is 0.356. The highest BCUT2D eigenvalue weighted by molar-refractivity contribution is 5.81. The van der Waals surface area contributed by atoms with Crippen molar-refractivity contribution in [1.29, 1.82) is 0 Å². The van der Waals surface area contributed by atoms with Crippen molar-refractivity contribution in [3.63, 3.8) is 0 Å². The Bertz CT molecular complexity index is 1000. The van der Waals surface area contributed by atoms with E-state index >= 15 is 0 Å². The van der Waals surface area contributed by atoms with Crippen LogP contribution in [0.15, 0.2) is 30.5 Å². The van der Waals surface area contributed by atoms with Gasteiger partial charge in [0.2, 0.25) is 5.88 Å². The van der Waals surface area contributed by atoms with Gasteiger partial charge in [0.15, 0.2) is 0 Å². The van der Waals surface area contributed by atoms with E-state index in [1.54, 1.807) is 14.2 Å². The maximum absolute atomic E-state index is 5.58. The minimum Gasteiger partial charge on any atom is -0.497 e. The van der Waals surface area contributed by atoms with Crippen molar-refractivity contribution in [2.45, 2.75) is 39.3 Å². The number of rotatable bonds is 5. The Balaban J connectivity index is 1.58. The lowest BCUT2D eigenvalue weighted by Gasteiger charge is -2.28. The van der Waals surface area contributed by atoms with Gasteiger partial charge >= 0.3 is 0 Å². The van der Waals surface area contributed by atoms with Crippen molar-refractivity contribution in [2.24, 2.45) is 0 Å². The van der Waals surface area contributed by atoms with Crippen LogP contribution in [0.3, 0.4) is 0 Å². The summed E-state index contributed by atoms with van der Waals surface area (Å²) in [4.78, 5) is 16.4. The molecule has 0 radical (unpaired) electrons. The number of aromatic nitrogens is 3. The van der Waals surface area contributed by atoms with E-state index in [9.17, 15) is 0 Å². The van der Waals surface area contributed by atoms with E-state index < -0.39 is 0 Å². The molecule has 0 fully saturated rings. The van der Waals surface area contributed by atoms with Gasteiger partial charge < -0.3 is 9.47 Å². The molecule has 0 spiro atoms. The van der Waals surface area contributed by atoms with Gasteiger partial charge in [-0.3, -0.25) is 4.90 Å². The molecule has 4 rings (SSSR count). The van der Waals surface area contributed by atoms with Crippen LogP contribution in [0.25, 0.3) is 10.9 Å². The van der Waals surface area contributed by atoms with Crippen LogP contribution in [-0.4, -0.2) is 40.6 Å². The van der Waals surface area contributed by atoms with Crippen molar-refractivity contribution < 1.29 is 9.47 Å². The van der Waals surface area contributed by atoms with Gasteiger partial charge in [-0.15, -0.1) is 0 Å². The summed E-state index contributed by atoms with van der Waals surface area (Å²) in [6.07, 6.45) is 2.93. The van der Waals surface area contributed by atoms with Crippen LogP contribution in [0.5, 0.6) is 11.6 Å². The van der Waals surface area contributed by atoms with Gasteiger partial charge in [0, 0.05) is 66.4 Å². The summed E-state index contributed by atoms with van der Waals surface area (Å²) < 4.78 is 10.9. The number of methoxy groups -OCH3 is 2. The maximum Gasteiger partial charge on any atom is 0.218 e. The standard InChI is InChI=1S/C22H26N4O2/c1-14(2)21-23-11-17-13-26(8-7-19(17)24-21)12-16-9-15-5-6-18(27-3)10-20(15)25-22(16)28-4/h5-6,9-11,14H,7-8,12-13H2,1-4H3. The van der Waals surface area contributed by atoms with Crippen LogP contribution in [0.4, 0.5) is 0 Å². The highest BCUT2D eigenvalue weighted by Gasteiger charge is 2.21. The lowest BCUT2D eigenvalue weighted by atomic mass is 10.0. The van der Waals surface area contributed by atoms with E-state index in [0.717, 1.165) is 54.1 Å². The lowest BCUT2D eigenvalue weighted by Crippen LogP contribution is -2.31. The molecule has 1 aromatic carbocycles. The number of ether oxygens (including phenoxy) is 2. The summed E-state index contributed by atoms with van der Waals surface area (Å²) in [5.74, 6) is 2.75. The van der Waals surface area contributed by atoms with Crippen molar-refractivity contribution in [3.05, 3.63) is 53.1 Å². The fourth-order valence-corrected chi connectivity index (χ4v) is 3.63. The van der Waals surface area contributed by atoms with Crippen LogP contribution >= 0.6 is 0 Å². The molecular weight excluding hydrogens is 352 g/mol. The maximum atomic E-state index is 5.58. The highest BCUT2D eigenvalue weighted by atomic mass is 16.5. The fraction of sp³-hybridized carbons (Fsp3) is 0.409. The quantitative estimate of drug-likeness (QED) is 0.674. The summed E-state index contributed by atoms with van der Waals surface area (Å²) in [5.41, 5.74) is 4.36. The van der Waals surface area contributed by atoms with Gasteiger partial charge in [-0.2, -0.15) is 0 Å². The zero-order chi connectivity index (χ0) is 19.7. The molecule has 0 atom stereocenters. The third-order valence-electron chi connectivity index (χ3n) is 5.20. The molecule has 6 nitrogen and oxygen atoms in total. The van der Waals surface area contributed by atoms with Gasteiger partial charge in [0.25, 0.3) is 0 Å². The van der Waals surface area contributed by atoms with Gasteiger partial charge in [-0.1, -0.05) is 13.8 Å². The molecule has 0 amide bonds. The molecule has 0 bridgehead atoms. The minimum atomic E-state index is 0.356. The Morgan fingerprint density at radius 1 is 1.11 bits per heavy atom. The molecule has 0 saturated heterocycles. The number of benzene rings is 1. The smallest absolute Gasteiger partial charge is 0.218 e. The Labute approximate surface area is 165 Å². The van der Waals surface area contributed by atoms with Gasteiger partial charge in [-0.25, -0.2) is 15.0 Å². The van der Waals surface area contributed by atoms with E-state index in [1.807, 2.05) is 24.4 Å². The Hall–Kier alpha value is -2.73. The van der Waals surface area contributed by atoms with Crippen LogP contribution in [0.1, 0.15) is 42.4 Å². The highest BCUT2D eigenvalue weighted by Crippen LogP contribution is 2.28. The molecule has 6 heteroatoms. The van der Waals surface area contributed by atoms with Crippen LogP contribution < -0.4 is 9.47 Å². The number of pyridine rings is 1. The molecule has 3 heterocycles. The summed E-state index contributed by atoms with van der Waals surface area (Å²) >= 11 is 0. The van der Waals surface area contributed by atoms with Gasteiger partial charge in [-0.05, 0) is 18.2 Å². The first-order valence-corrected chi connectivity index (χ1v) is 9.66. The third kappa shape index (κ3) is 3.64. The topological polar surface area (TPSA) is 60.4 Å². The molecule has 0 saturated carbocycles. The zero-order valence-corrected chi connectivity index (χ0v) is 16.9. The summed E-state index contributed by atoms with van der Waals surface area (Å²) in [7, 11) is 3.33. The van der Waals surface area contributed by atoms with Crippen LogP contribution in [0.2, 0.25) is 0 Å². The second-order valence-electron chi connectivity index (χ2n) is 7.53. The number of fused-ring (bicyclic) bond motifs is 2. The number of nitrogens with zero attached hydrogens (tertiary/aromatic N) is 4. The summed E-state index contributed by atoms with van der Waals surface area (Å²) in [5, 5.41) is 1.08. The SMILES string of the molecule is COc1ccc2cc(CN3CCc4nc(C(C)C)ncc4C3)c(OC)nc2c1. The summed E-state index contributed by atoms with van der Waals surface area (Å²) in [6.45, 7) is 6.85. The van der Waals surface area contributed by atoms with Crippen molar-refractivity contribution in [3.8, 4) is 11.6 Å². The predicted molar refractivity (Wildman–Crippen MR) is 109 cm³/mol. The Morgan fingerprint density at radius 2 is 1.96 bits per heavy atom. The molecule has 146 valence electrons. The van der Waals surface area contributed by atoms with Crippen molar-refractivity contribution in [1.82, 2.24) is 19.9 Å². The molecular formula is C22H26N4O2. The molecule has 0 unspecified atom stereocenters. The lowest BCUT2D eigenvalue weighted by molar-refractivity contribution is 0.238. The molecule has 1 aliphatic rings. The van der Waals surface area contributed by atoms with E-state index in [2.05, 4.69) is 34.8 Å². The fourth-order valence-electron chi connectivity index (χ4n) is 3.63. The average molecular weight is 378 g/mol. The second-order valence-corrected chi connectivity index (χ2v) is 7.53. The first-order valence-electron chi connectivity index (χ1n) is 9.66. The van der Waals surface area contributed by atoms with Crippen molar-refractivity contribution >= 4 is 10.9 Å². The normalized spacial score (nSPS) is 14.3. The van der Waals surface area contributed by atoms with E-state index in [-0.39, 0.29) is 0 Å². The van der Waals surface area contributed by atoms with Crippen LogP contribution in [0, 0.1) is 0 Å². The first-order chi connectivity index (χ1) is 13.6. The molecule has 1 aliphatic heterocycles. The number of hydrogen-bond donors (Lipinski definition) is 0. The molecule has 0 aliphatic carbocycles. The largest absolute Gasteiger partial charge is 0.497 e. The molecule has 0 N–H and O–H groups in total. The molecule has 28 heavy (non-hydrogen) atoms. The zero-order valence-electron chi connectivity index (χ0n) is 16.9. The number of hydrogen-bond acceptors (Lipinski definition) is 6. The third-order valence-corrected chi connectivity index (χ3v) is 5.20. The second kappa shape index (κ2) is 7.72. The molecule has 2 aromatic heterocycles. The van der Waals surface area contributed by atoms with E-state index in [4.69, 9.17) is 14.5 Å². The average Bonchev–Trinajstić information content (AvgIpc) is 2.72.